The van der Waals surface area contributed by atoms with E-state index in [2.05, 4.69) is 20.4 Å². The number of benzene rings is 2. The van der Waals surface area contributed by atoms with Crippen molar-refractivity contribution in [3.05, 3.63) is 87.2 Å². The highest BCUT2D eigenvalue weighted by Gasteiger charge is 2.21. The molecule has 0 atom stereocenters. The number of aryl methyl sites for hydroxylation is 2. The first-order valence-corrected chi connectivity index (χ1v) is 15.4. The molecule has 13 heteroatoms. The summed E-state index contributed by atoms with van der Waals surface area (Å²) in [7, 11) is 0. The average Bonchev–Trinajstić information content (AvgIpc) is 3.02. The Balaban J connectivity index is 1.55. The average molecular weight is 648 g/mol. The first-order chi connectivity index (χ1) is 22.4. The van der Waals surface area contributed by atoms with Crippen molar-refractivity contribution in [1.29, 1.82) is 0 Å². The molecule has 13 nitrogen and oxygen atoms in total. The Morgan fingerprint density at radius 3 is 1.53 bits per heavy atom. The minimum absolute atomic E-state index is 0.0186. The number of nitrogens with one attached hydrogen (secondary N) is 2. The fourth-order valence-corrected chi connectivity index (χ4v) is 5.69. The minimum atomic E-state index is -1.18. The van der Waals surface area contributed by atoms with Gasteiger partial charge in [0.15, 0.2) is 0 Å². The molecule has 0 fully saturated rings. The molecule has 0 saturated heterocycles. The standard InChI is InChI=1S/C34H41N5O8/c1-21-13-23(31(44)27(15-21)33(46)35-17-29(40)41)19-38-9-4-10-39(12-8-26-6-3-5-25(37-26)7-11-38)20-24-14-22(2)16-28(32(24)45)34(47)36-18-30(42)43/h3,5-6,13-16,44-45H,4,7-12,17-20H2,1-2H3,(H,35,46)(H,36,47)(H,40,41)(H,42,43). The fraction of sp³-hybridized carbons (Fsp3) is 0.382. The van der Waals surface area contributed by atoms with Crippen LogP contribution < -0.4 is 10.6 Å². The van der Waals surface area contributed by atoms with Crippen LogP contribution in [0.15, 0.2) is 42.5 Å². The summed E-state index contributed by atoms with van der Waals surface area (Å²) in [5, 5.41) is 44.6. The van der Waals surface area contributed by atoms with Crippen LogP contribution in [0.2, 0.25) is 0 Å². The van der Waals surface area contributed by atoms with Crippen LogP contribution in [0.5, 0.6) is 11.5 Å². The van der Waals surface area contributed by atoms with Crippen LogP contribution in [0.4, 0.5) is 0 Å². The molecular formula is C34H41N5O8. The van der Waals surface area contributed by atoms with Gasteiger partial charge in [0.25, 0.3) is 11.8 Å². The number of pyridine rings is 1. The summed E-state index contributed by atoms with van der Waals surface area (Å²) in [5.41, 5.74) is 4.49. The number of nitrogens with zero attached hydrogens (tertiary/aromatic N) is 3. The Bertz CT molecular complexity index is 1530. The third kappa shape index (κ3) is 9.99. The number of aromatic hydroxyl groups is 2. The molecule has 47 heavy (non-hydrogen) atoms. The van der Waals surface area contributed by atoms with E-state index in [1.165, 1.54) is 12.1 Å². The molecule has 0 unspecified atom stereocenters. The largest absolute Gasteiger partial charge is 0.507 e. The van der Waals surface area contributed by atoms with Gasteiger partial charge in [0.2, 0.25) is 0 Å². The lowest BCUT2D eigenvalue weighted by atomic mass is 10.0. The fourth-order valence-electron chi connectivity index (χ4n) is 5.69. The quantitative estimate of drug-likeness (QED) is 0.189. The molecule has 250 valence electrons. The molecule has 1 aromatic heterocycles. The predicted molar refractivity (Wildman–Crippen MR) is 172 cm³/mol. The van der Waals surface area contributed by atoms with Gasteiger partial charge >= 0.3 is 11.9 Å². The van der Waals surface area contributed by atoms with E-state index < -0.39 is 36.8 Å². The van der Waals surface area contributed by atoms with Crippen molar-refractivity contribution in [2.24, 2.45) is 0 Å². The predicted octanol–water partition coefficient (Wildman–Crippen LogP) is 2.23. The highest BCUT2D eigenvalue weighted by molar-refractivity contribution is 5.99. The van der Waals surface area contributed by atoms with Gasteiger partial charge in [0.1, 0.15) is 24.6 Å². The van der Waals surface area contributed by atoms with Crippen LogP contribution in [0.1, 0.15) is 60.8 Å². The van der Waals surface area contributed by atoms with Gasteiger partial charge < -0.3 is 31.1 Å². The van der Waals surface area contributed by atoms with Crippen LogP contribution in [-0.2, 0) is 35.5 Å². The zero-order valence-corrected chi connectivity index (χ0v) is 26.6. The van der Waals surface area contributed by atoms with Gasteiger partial charge in [-0.15, -0.1) is 0 Å². The molecule has 0 saturated carbocycles. The molecule has 4 rings (SSSR count). The van der Waals surface area contributed by atoms with Gasteiger partial charge in [0.05, 0.1) is 11.1 Å². The van der Waals surface area contributed by atoms with E-state index in [9.17, 15) is 29.4 Å². The number of phenols is 2. The second kappa shape index (κ2) is 16.0. The first kappa shape index (κ1) is 34.9. The number of amides is 2. The number of phenolic OH excluding ortho intramolecular Hbond substituents is 2. The summed E-state index contributed by atoms with van der Waals surface area (Å²) in [4.78, 5) is 56.4. The number of aliphatic carboxylic acids is 2. The lowest BCUT2D eigenvalue weighted by molar-refractivity contribution is -0.136. The van der Waals surface area contributed by atoms with E-state index in [1.54, 1.807) is 0 Å². The number of hydrogen-bond donors (Lipinski definition) is 6. The van der Waals surface area contributed by atoms with Crippen molar-refractivity contribution in [2.75, 3.05) is 39.3 Å². The number of aromatic nitrogens is 1. The molecule has 1 aliphatic rings. The molecule has 3 aromatic rings. The first-order valence-electron chi connectivity index (χ1n) is 15.4. The molecule has 1 aliphatic heterocycles. The van der Waals surface area contributed by atoms with Gasteiger partial charge in [-0.25, -0.2) is 0 Å². The SMILES string of the molecule is Cc1cc(CN2CCCN(Cc3cc(C)cc(C(=O)NCC(=O)O)c3O)CCc3cccc(n3)CC2)c(O)c(C(=O)NCC(=O)O)c1. The summed E-state index contributed by atoms with van der Waals surface area (Å²) in [6.07, 6.45) is 2.10. The van der Waals surface area contributed by atoms with Crippen LogP contribution >= 0.6 is 0 Å². The van der Waals surface area contributed by atoms with Gasteiger partial charge in [-0.05, 0) is 68.8 Å². The summed E-state index contributed by atoms with van der Waals surface area (Å²) >= 11 is 0. The third-order valence-corrected chi connectivity index (χ3v) is 7.93. The van der Waals surface area contributed by atoms with E-state index in [-0.39, 0.29) is 22.6 Å². The summed E-state index contributed by atoms with van der Waals surface area (Å²) in [6, 6.07) is 12.6. The second-order valence-electron chi connectivity index (χ2n) is 11.8. The number of rotatable bonds is 10. The zero-order chi connectivity index (χ0) is 34.1. The Morgan fingerprint density at radius 1 is 0.702 bits per heavy atom. The molecule has 0 aliphatic carbocycles. The summed E-state index contributed by atoms with van der Waals surface area (Å²) in [5.74, 6) is -4.08. The topological polar surface area (TPSA) is 193 Å². The number of fused-ring (bicyclic) bond motifs is 2. The Hall–Kier alpha value is -5.01. The van der Waals surface area contributed by atoms with E-state index in [0.29, 0.717) is 63.2 Å². The van der Waals surface area contributed by atoms with Gasteiger partial charge in [-0.1, -0.05) is 18.2 Å². The molecule has 6 N–H and O–H groups in total. The molecular weight excluding hydrogens is 606 g/mol. The molecule has 2 bridgehead atoms. The third-order valence-electron chi connectivity index (χ3n) is 7.93. The second-order valence-corrected chi connectivity index (χ2v) is 11.8. The molecule has 2 amide bonds. The summed E-state index contributed by atoms with van der Waals surface area (Å²) in [6.45, 7) is 5.76. The van der Waals surface area contributed by atoms with Crippen LogP contribution in [0.3, 0.4) is 0 Å². The highest BCUT2D eigenvalue weighted by atomic mass is 16.4. The van der Waals surface area contributed by atoms with Crippen LogP contribution in [0.25, 0.3) is 0 Å². The van der Waals surface area contributed by atoms with Gasteiger partial charge in [-0.2, -0.15) is 0 Å². The van der Waals surface area contributed by atoms with Crippen molar-refractivity contribution < 1.29 is 39.6 Å². The summed E-state index contributed by atoms with van der Waals surface area (Å²) < 4.78 is 0. The Labute approximate surface area is 272 Å². The lowest BCUT2D eigenvalue weighted by Gasteiger charge is -2.28. The normalized spacial score (nSPS) is 14.4. The number of carbonyl (C=O) groups is 4. The maximum absolute atomic E-state index is 12.6. The maximum atomic E-state index is 12.6. The van der Waals surface area contributed by atoms with E-state index in [4.69, 9.17) is 15.2 Å². The van der Waals surface area contributed by atoms with E-state index >= 15 is 0 Å². The molecule has 0 radical (unpaired) electrons. The van der Waals surface area contributed by atoms with Crippen molar-refractivity contribution in [2.45, 2.75) is 46.2 Å². The Kier molecular flexibility index (Phi) is 11.9. The molecule has 2 aromatic carbocycles. The number of hydrogen-bond acceptors (Lipinski definition) is 9. The van der Waals surface area contributed by atoms with Crippen molar-refractivity contribution in [3.8, 4) is 11.5 Å². The van der Waals surface area contributed by atoms with Crippen molar-refractivity contribution in [1.82, 2.24) is 25.4 Å². The number of carboxylic acid groups (broad SMARTS) is 2. The zero-order valence-electron chi connectivity index (χ0n) is 26.6. The Morgan fingerprint density at radius 2 is 1.13 bits per heavy atom. The van der Waals surface area contributed by atoms with E-state index in [0.717, 1.165) is 28.9 Å². The van der Waals surface area contributed by atoms with Crippen LogP contribution in [-0.4, -0.2) is 98.2 Å². The maximum Gasteiger partial charge on any atom is 0.322 e. The monoisotopic (exact) mass is 647 g/mol. The smallest absolute Gasteiger partial charge is 0.322 e. The van der Waals surface area contributed by atoms with E-state index in [1.807, 2.05) is 44.2 Å². The lowest BCUT2D eigenvalue weighted by Crippen LogP contribution is -2.33. The van der Waals surface area contributed by atoms with Crippen molar-refractivity contribution in [3.63, 3.8) is 0 Å². The minimum Gasteiger partial charge on any atom is -0.507 e. The molecule has 0 spiro atoms. The number of carbonyl (C=O) groups excluding carboxylic acids is 2. The molecule has 2 heterocycles. The number of carboxylic acids is 2. The van der Waals surface area contributed by atoms with Crippen LogP contribution in [0, 0.1) is 13.8 Å². The van der Waals surface area contributed by atoms with Gasteiger partial charge in [0, 0.05) is 61.5 Å². The van der Waals surface area contributed by atoms with Crippen molar-refractivity contribution >= 4 is 23.8 Å². The van der Waals surface area contributed by atoms with Gasteiger partial charge in [-0.3, -0.25) is 34.0 Å². The highest BCUT2D eigenvalue weighted by Crippen LogP contribution is 2.28.